The van der Waals surface area contributed by atoms with E-state index in [0.717, 1.165) is 25.8 Å². The number of piperidine rings is 1. The van der Waals surface area contributed by atoms with Gasteiger partial charge in [0.15, 0.2) is 0 Å². The fourth-order valence-corrected chi connectivity index (χ4v) is 6.03. The SMILES string of the molecule is N=C(N)c1ccc(C[C@@]2(C(N)=O)CCCN2C(=O)[C@@H]2NCC[C@H]3CCCC[C@H]32)cc1O. The smallest absolute Gasteiger partial charge is 0.243 e. The third-order valence-electron chi connectivity index (χ3n) is 7.60. The van der Waals surface area contributed by atoms with E-state index in [9.17, 15) is 14.7 Å². The number of nitrogens with one attached hydrogen (secondary N) is 2. The van der Waals surface area contributed by atoms with Crippen LogP contribution in [0.15, 0.2) is 18.2 Å². The minimum atomic E-state index is -1.11. The molecule has 8 heteroatoms. The van der Waals surface area contributed by atoms with Gasteiger partial charge in [-0.15, -0.1) is 0 Å². The molecular formula is C23H33N5O3. The second-order valence-electron chi connectivity index (χ2n) is 9.36. The number of carbonyl (C=O) groups excluding carboxylic acids is 2. The first-order valence-electron chi connectivity index (χ1n) is 11.3. The highest BCUT2D eigenvalue weighted by atomic mass is 16.3. The van der Waals surface area contributed by atoms with Crippen LogP contribution in [0.2, 0.25) is 0 Å². The Balaban J connectivity index is 1.61. The summed E-state index contributed by atoms with van der Waals surface area (Å²) < 4.78 is 0. The molecule has 4 rings (SSSR count). The number of rotatable bonds is 5. The number of aromatic hydroxyl groups is 1. The molecule has 0 bridgehead atoms. The molecule has 3 fully saturated rings. The number of likely N-dealkylation sites (tertiary alicyclic amines) is 1. The van der Waals surface area contributed by atoms with E-state index in [0.29, 0.717) is 36.8 Å². The van der Waals surface area contributed by atoms with Crippen LogP contribution in [0.3, 0.4) is 0 Å². The van der Waals surface area contributed by atoms with E-state index in [1.807, 2.05) is 0 Å². The maximum absolute atomic E-state index is 13.7. The van der Waals surface area contributed by atoms with Gasteiger partial charge < -0.3 is 26.8 Å². The zero-order chi connectivity index (χ0) is 22.2. The maximum Gasteiger partial charge on any atom is 0.243 e. The number of nitrogens with zero attached hydrogens (tertiary/aromatic N) is 1. The van der Waals surface area contributed by atoms with Crippen LogP contribution in [0.4, 0.5) is 0 Å². The summed E-state index contributed by atoms with van der Waals surface area (Å²) >= 11 is 0. The number of hydrogen-bond donors (Lipinski definition) is 5. The van der Waals surface area contributed by atoms with Crippen LogP contribution >= 0.6 is 0 Å². The first kappa shape index (κ1) is 21.6. The Bertz CT molecular complexity index is 886. The summed E-state index contributed by atoms with van der Waals surface area (Å²) in [4.78, 5) is 28.2. The first-order valence-corrected chi connectivity index (χ1v) is 11.3. The number of hydrogen-bond acceptors (Lipinski definition) is 5. The number of fused-ring (bicyclic) bond motifs is 1. The van der Waals surface area contributed by atoms with Gasteiger partial charge in [-0.1, -0.05) is 25.3 Å². The molecule has 8 nitrogen and oxygen atoms in total. The van der Waals surface area contributed by atoms with Crippen molar-refractivity contribution in [2.45, 2.75) is 62.9 Å². The van der Waals surface area contributed by atoms with E-state index in [1.54, 1.807) is 17.0 Å². The molecule has 4 atom stereocenters. The quantitative estimate of drug-likeness (QED) is 0.354. The van der Waals surface area contributed by atoms with E-state index in [4.69, 9.17) is 16.9 Å². The predicted molar refractivity (Wildman–Crippen MR) is 118 cm³/mol. The summed E-state index contributed by atoms with van der Waals surface area (Å²) in [6.45, 7) is 1.34. The molecular weight excluding hydrogens is 394 g/mol. The molecule has 1 aromatic rings. The maximum atomic E-state index is 13.7. The van der Waals surface area contributed by atoms with Crippen molar-refractivity contribution in [1.29, 1.82) is 5.41 Å². The van der Waals surface area contributed by atoms with Crippen LogP contribution in [0.1, 0.15) is 56.1 Å². The van der Waals surface area contributed by atoms with E-state index >= 15 is 0 Å². The van der Waals surface area contributed by atoms with E-state index < -0.39 is 11.4 Å². The lowest BCUT2D eigenvalue weighted by Crippen LogP contribution is -2.63. The van der Waals surface area contributed by atoms with Crippen LogP contribution in [0.5, 0.6) is 5.75 Å². The number of phenols is 1. The Morgan fingerprint density at radius 2 is 1.97 bits per heavy atom. The average molecular weight is 428 g/mol. The summed E-state index contributed by atoms with van der Waals surface area (Å²) in [5, 5.41) is 21.2. The van der Waals surface area contributed by atoms with Crippen molar-refractivity contribution < 1.29 is 14.7 Å². The van der Waals surface area contributed by atoms with Gasteiger partial charge in [0.2, 0.25) is 11.8 Å². The lowest BCUT2D eigenvalue weighted by atomic mass is 9.71. The first-order chi connectivity index (χ1) is 14.8. The number of benzene rings is 1. The van der Waals surface area contributed by atoms with Crippen molar-refractivity contribution in [1.82, 2.24) is 10.2 Å². The molecule has 0 radical (unpaired) electrons. The normalized spacial score (nSPS) is 30.6. The van der Waals surface area contributed by atoms with Gasteiger partial charge >= 0.3 is 0 Å². The largest absolute Gasteiger partial charge is 0.507 e. The zero-order valence-corrected chi connectivity index (χ0v) is 17.9. The fraction of sp³-hybridized carbons (Fsp3) is 0.609. The topological polar surface area (TPSA) is 146 Å². The number of carbonyl (C=O) groups is 2. The van der Waals surface area contributed by atoms with E-state index in [-0.39, 0.29) is 35.5 Å². The number of nitrogens with two attached hydrogens (primary N) is 2. The predicted octanol–water partition coefficient (Wildman–Crippen LogP) is 1.23. The third kappa shape index (κ3) is 3.89. The molecule has 3 aliphatic rings. The van der Waals surface area contributed by atoms with Crippen LogP contribution in [0.25, 0.3) is 0 Å². The summed E-state index contributed by atoms with van der Waals surface area (Å²) in [5.74, 6) is 0.0314. The van der Waals surface area contributed by atoms with Crippen molar-refractivity contribution in [3.63, 3.8) is 0 Å². The highest BCUT2D eigenvalue weighted by Crippen LogP contribution is 2.40. The molecule has 168 valence electrons. The van der Waals surface area contributed by atoms with Crippen molar-refractivity contribution in [2.75, 3.05) is 13.1 Å². The standard InChI is InChI=1S/C23H33N5O3/c24-20(25)17-7-6-14(12-18(17)29)13-23(22(26)31)9-3-11-28(23)21(30)19-16-5-2-1-4-15(16)8-10-27-19/h6-7,12,15-16,19,27,29H,1-5,8-11,13H2,(H3,24,25)(H2,26,31)/t15-,16-,19-,23-/m1/s1. The van der Waals surface area contributed by atoms with Crippen LogP contribution < -0.4 is 16.8 Å². The van der Waals surface area contributed by atoms with E-state index in [1.165, 1.54) is 18.9 Å². The van der Waals surface area contributed by atoms with Gasteiger partial charge in [0.1, 0.15) is 17.1 Å². The summed E-state index contributed by atoms with van der Waals surface area (Å²) in [5.41, 5.74) is 11.2. The number of amides is 2. The second kappa shape index (κ2) is 8.49. The average Bonchev–Trinajstić information content (AvgIpc) is 3.17. The lowest BCUT2D eigenvalue weighted by molar-refractivity contribution is -0.147. The zero-order valence-electron chi connectivity index (χ0n) is 17.9. The van der Waals surface area contributed by atoms with Crippen LogP contribution in [-0.2, 0) is 16.0 Å². The Morgan fingerprint density at radius 1 is 1.19 bits per heavy atom. The molecule has 2 saturated heterocycles. The lowest BCUT2D eigenvalue weighted by Gasteiger charge is -2.45. The Labute approximate surface area is 182 Å². The number of phenolic OH excluding ortho intramolecular Hbond substituents is 1. The minimum absolute atomic E-state index is 0.0162. The Hall–Kier alpha value is -2.61. The van der Waals surface area contributed by atoms with Crippen molar-refractivity contribution in [2.24, 2.45) is 23.3 Å². The highest BCUT2D eigenvalue weighted by molar-refractivity contribution is 5.97. The molecule has 1 aromatic carbocycles. The fourth-order valence-electron chi connectivity index (χ4n) is 6.03. The second-order valence-corrected chi connectivity index (χ2v) is 9.36. The molecule has 2 heterocycles. The highest BCUT2D eigenvalue weighted by Gasteiger charge is 2.51. The van der Waals surface area contributed by atoms with Crippen LogP contribution in [-0.4, -0.2) is 52.3 Å². The molecule has 7 N–H and O–H groups in total. The van der Waals surface area contributed by atoms with Gasteiger partial charge in [0.05, 0.1) is 11.6 Å². The monoisotopic (exact) mass is 427 g/mol. The minimum Gasteiger partial charge on any atom is -0.507 e. The van der Waals surface area contributed by atoms with Crippen molar-refractivity contribution >= 4 is 17.6 Å². The van der Waals surface area contributed by atoms with Gasteiger partial charge in [-0.05, 0) is 61.8 Å². The molecule has 2 amide bonds. The van der Waals surface area contributed by atoms with Crippen LogP contribution in [0, 0.1) is 17.2 Å². The molecule has 2 aliphatic heterocycles. The molecule has 0 aromatic heterocycles. The molecule has 0 spiro atoms. The molecule has 31 heavy (non-hydrogen) atoms. The van der Waals surface area contributed by atoms with Gasteiger partial charge in [-0.25, -0.2) is 0 Å². The van der Waals surface area contributed by atoms with Crippen molar-refractivity contribution in [3.8, 4) is 5.75 Å². The third-order valence-corrected chi connectivity index (χ3v) is 7.60. The summed E-state index contributed by atoms with van der Waals surface area (Å²) in [6.07, 6.45) is 7.17. The number of amidine groups is 1. The molecule has 1 aliphatic carbocycles. The number of primary amides is 1. The van der Waals surface area contributed by atoms with E-state index in [2.05, 4.69) is 5.32 Å². The van der Waals surface area contributed by atoms with Gasteiger partial charge in [-0.2, -0.15) is 0 Å². The number of nitrogen functional groups attached to an aromatic ring is 1. The van der Waals surface area contributed by atoms with Gasteiger partial charge in [0, 0.05) is 13.0 Å². The van der Waals surface area contributed by atoms with Crippen molar-refractivity contribution in [3.05, 3.63) is 29.3 Å². The Kier molecular flexibility index (Phi) is 5.92. The summed E-state index contributed by atoms with van der Waals surface area (Å²) in [6, 6.07) is 4.55. The van der Waals surface area contributed by atoms with Gasteiger partial charge in [0.25, 0.3) is 0 Å². The Morgan fingerprint density at radius 3 is 2.68 bits per heavy atom. The van der Waals surface area contributed by atoms with Gasteiger partial charge in [-0.3, -0.25) is 15.0 Å². The molecule has 1 saturated carbocycles. The summed E-state index contributed by atoms with van der Waals surface area (Å²) in [7, 11) is 0. The molecule has 0 unspecified atom stereocenters.